The van der Waals surface area contributed by atoms with Gasteiger partial charge in [-0.1, -0.05) is 0 Å². The maximum Gasteiger partial charge on any atom is 0.123 e. The number of aryl methyl sites for hydroxylation is 1. The number of nitrogens with zero attached hydrogens (tertiary/aromatic N) is 3. The van der Waals surface area contributed by atoms with Crippen LogP contribution in [0.15, 0.2) is 37.1 Å². The van der Waals surface area contributed by atoms with Gasteiger partial charge in [-0.25, -0.2) is 4.98 Å². The summed E-state index contributed by atoms with van der Waals surface area (Å²) in [5, 5.41) is 9.90. The lowest BCUT2D eigenvalue weighted by atomic mass is 10.1. The summed E-state index contributed by atoms with van der Waals surface area (Å²) in [6.07, 6.45) is 6.10. The highest BCUT2D eigenvalue weighted by atomic mass is 16.3. The summed E-state index contributed by atoms with van der Waals surface area (Å²) in [7, 11) is 1.87. The first kappa shape index (κ1) is 8.90. The number of hydrogen-bond acceptors (Lipinski definition) is 3. The Balaban J connectivity index is 2.29. The zero-order chi connectivity index (χ0) is 9.97. The van der Waals surface area contributed by atoms with Gasteiger partial charge in [0.25, 0.3) is 0 Å². The monoisotopic (exact) mass is 189 g/mol. The molecule has 0 radical (unpaired) electrons. The molecular formula is C10H11N3O. The fourth-order valence-electron chi connectivity index (χ4n) is 1.29. The number of hydrogen-bond donors (Lipinski definition) is 1. The van der Waals surface area contributed by atoms with E-state index in [1.54, 1.807) is 41.6 Å². The quantitative estimate of drug-likeness (QED) is 0.763. The molecule has 2 rings (SSSR count). The predicted octanol–water partition coefficient (Wildman–Crippen LogP) is 0.897. The van der Waals surface area contributed by atoms with Gasteiger partial charge in [0.15, 0.2) is 0 Å². The Labute approximate surface area is 81.9 Å². The molecule has 1 atom stereocenters. The largest absolute Gasteiger partial charge is 0.382 e. The van der Waals surface area contributed by atoms with Gasteiger partial charge in [0.05, 0.1) is 12.0 Å². The molecule has 4 heteroatoms. The first-order chi connectivity index (χ1) is 6.77. The van der Waals surface area contributed by atoms with E-state index in [-0.39, 0.29) is 0 Å². The number of rotatable bonds is 2. The summed E-state index contributed by atoms with van der Waals surface area (Å²) in [6.45, 7) is 0. The molecule has 0 aliphatic rings. The van der Waals surface area contributed by atoms with Gasteiger partial charge in [-0.15, -0.1) is 0 Å². The molecule has 0 bridgehead atoms. The smallest absolute Gasteiger partial charge is 0.123 e. The second kappa shape index (κ2) is 3.59. The van der Waals surface area contributed by atoms with Crippen LogP contribution in [0.3, 0.4) is 0 Å². The van der Waals surface area contributed by atoms with Crippen LogP contribution in [0.4, 0.5) is 0 Å². The minimum absolute atomic E-state index is 0.652. The molecule has 0 aliphatic heterocycles. The highest BCUT2D eigenvalue weighted by Crippen LogP contribution is 2.18. The zero-order valence-electron chi connectivity index (χ0n) is 7.83. The molecule has 0 saturated heterocycles. The summed E-state index contributed by atoms with van der Waals surface area (Å²) in [5.41, 5.74) is 1.46. The van der Waals surface area contributed by atoms with E-state index in [1.165, 1.54) is 0 Å². The van der Waals surface area contributed by atoms with E-state index in [0.29, 0.717) is 5.69 Å². The topological polar surface area (TPSA) is 50.9 Å². The Morgan fingerprint density at radius 2 is 2.07 bits per heavy atom. The third-order valence-electron chi connectivity index (χ3n) is 2.03. The van der Waals surface area contributed by atoms with E-state index in [9.17, 15) is 5.11 Å². The highest BCUT2D eigenvalue weighted by Gasteiger charge is 2.11. The Kier molecular flexibility index (Phi) is 2.28. The molecule has 0 fully saturated rings. The Bertz CT molecular complexity index is 410. The Morgan fingerprint density at radius 1 is 1.36 bits per heavy atom. The summed E-state index contributed by atoms with van der Waals surface area (Å²) >= 11 is 0. The lowest BCUT2D eigenvalue weighted by Crippen LogP contribution is -1.99. The van der Waals surface area contributed by atoms with Crippen LogP contribution >= 0.6 is 0 Å². The number of aromatic nitrogens is 3. The third kappa shape index (κ3) is 1.65. The summed E-state index contributed by atoms with van der Waals surface area (Å²) in [5.74, 6) is 0. The summed E-state index contributed by atoms with van der Waals surface area (Å²) in [6, 6.07) is 3.55. The van der Waals surface area contributed by atoms with Gasteiger partial charge in [-0.05, 0) is 17.7 Å². The van der Waals surface area contributed by atoms with Gasteiger partial charge in [-0.2, -0.15) is 0 Å². The fourth-order valence-corrected chi connectivity index (χ4v) is 1.29. The number of aliphatic hydroxyl groups excluding tert-OH is 1. The molecule has 2 aromatic heterocycles. The van der Waals surface area contributed by atoms with Gasteiger partial charge < -0.3 is 9.67 Å². The highest BCUT2D eigenvalue weighted by molar-refractivity contribution is 5.21. The molecule has 1 N–H and O–H groups in total. The van der Waals surface area contributed by atoms with Gasteiger partial charge >= 0.3 is 0 Å². The molecule has 2 heterocycles. The minimum Gasteiger partial charge on any atom is -0.382 e. The van der Waals surface area contributed by atoms with Crippen LogP contribution in [0.2, 0.25) is 0 Å². The minimum atomic E-state index is -0.667. The van der Waals surface area contributed by atoms with Gasteiger partial charge in [0, 0.05) is 25.6 Å². The van der Waals surface area contributed by atoms with E-state index in [1.807, 2.05) is 7.05 Å². The van der Waals surface area contributed by atoms with Crippen LogP contribution in [-0.2, 0) is 7.05 Å². The van der Waals surface area contributed by atoms with Gasteiger partial charge in [-0.3, -0.25) is 4.98 Å². The third-order valence-corrected chi connectivity index (χ3v) is 2.03. The van der Waals surface area contributed by atoms with Crippen molar-refractivity contribution in [3.63, 3.8) is 0 Å². The van der Waals surface area contributed by atoms with Crippen molar-refractivity contribution in [1.82, 2.24) is 14.5 Å². The molecule has 0 spiro atoms. The standard InChI is InChI=1S/C10H11N3O/c1-13-6-9(12-7-13)10(14)8-2-4-11-5-3-8/h2-7,10,14H,1H3. The lowest BCUT2D eigenvalue weighted by molar-refractivity contribution is 0.215. The SMILES string of the molecule is Cn1cnc(C(O)c2ccncc2)c1. The average Bonchev–Trinajstić information content (AvgIpc) is 2.65. The van der Waals surface area contributed by atoms with E-state index in [2.05, 4.69) is 9.97 Å². The lowest BCUT2D eigenvalue weighted by Gasteiger charge is -2.06. The molecule has 0 saturated carbocycles. The van der Waals surface area contributed by atoms with E-state index in [4.69, 9.17) is 0 Å². The predicted molar refractivity (Wildman–Crippen MR) is 51.5 cm³/mol. The van der Waals surface area contributed by atoms with Gasteiger partial charge in [0.2, 0.25) is 0 Å². The molecule has 0 amide bonds. The van der Waals surface area contributed by atoms with E-state index >= 15 is 0 Å². The summed E-state index contributed by atoms with van der Waals surface area (Å²) in [4.78, 5) is 7.97. The van der Waals surface area contributed by atoms with Crippen LogP contribution in [0.1, 0.15) is 17.4 Å². The first-order valence-corrected chi connectivity index (χ1v) is 4.33. The van der Waals surface area contributed by atoms with Crippen LogP contribution in [0.5, 0.6) is 0 Å². The zero-order valence-corrected chi connectivity index (χ0v) is 7.83. The Hall–Kier alpha value is -1.68. The first-order valence-electron chi connectivity index (χ1n) is 4.33. The maximum atomic E-state index is 9.90. The number of imidazole rings is 1. The molecule has 14 heavy (non-hydrogen) atoms. The van der Waals surface area contributed by atoms with Crippen molar-refractivity contribution in [3.8, 4) is 0 Å². The van der Waals surface area contributed by atoms with Crippen molar-refractivity contribution in [2.45, 2.75) is 6.10 Å². The van der Waals surface area contributed by atoms with Crippen molar-refractivity contribution in [2.75, 3.05) is 0 Å². The molecule has 2 aromatic rings. The van der Waals surface area contributed by atoms with Crippen molar-refractivity contribution in [1.29, 1.82) is 0 Å². The van der Waals surface area contributed by atoms with Crippen molar-refractivity contribution >= 4 is 0 Å². The average molecular weight is 189 g/mol. The van der Waals surface area contributed by atoms with Crippen LogP contribution in [0, 0.1) is 0 Å². The van der Waals surface area contributed by atoms with Gasteiger partial charge in [0.1, 0.15) is 6.10 Å². The number of pyridine rings is 1. The molecule has 0 aromatic carbocycles. The molecular weight excluding hydrogens is 178 g/mol. The van der Waals surface area contributed by atoms with Crippen LogP contribution in [-0.4, -0.2) is 19.6 Å². The maximum absolute atomic E-state index is 9.90. The van der Waals surface area contributed by atoms with Crippen molar-refractivity contribution in [2.24, 2.45) is 7.05 Å². The summed E-state index contributed by atoms with van der Waals surface area (Å²) < 4.78 is 1.81. The van der Waals surface area contributed by atoms with E-state index in [0.717, 1.165) is 5.56 Å². The molecule has 0 aliphatic carbocycles. The van der Waals surface area contributed by atoms with E-state index < -0.39 is 6.10 Å². The van der Waals surface area contributed by atoms with Crippen LogP contribution in [0.25, 0.3) is 0 Å². The van der Waals surface area contributed by atoms with Crippen molar-refractivity contribution in [3.05, 3.63) is 48.3 Å². The second-order valence-electron chi connectivity index (χ2n) is 3.15. The number of aliphatic hydroxyl groups is 1. The fraction of sp³-hybridized carbons (Fsp3) is 0.200. The van der Waals surface area contributed by atoms with Crippen molar-refractivity contribution < 1.29 is 5.11 Å². The second-order valence-corrected chi connectivity index (χ2v) is 3.15. The van der Waals surface area contributed by atoms with Crippen LogP contribution < -0.4 is 0 Å². The Morgan fingerprint density at radius 3 is 2.64 bits per heavy atom. The molecule has 72 valence electrons. The molecule has 4 nitrogen and oxygen atoms in total. The molecule has 1 unspecified atom stereocenters. The normalized spacial score (nSPS) is 12.7.